The number of amides is 2. The van der Waals surface area contributed by atoms with E-state index in [2.05, 4.69) is 20.6 Å². The van der Waals surface area contributed by atoms with E-state index < -0.39 is 17.7 Å². The quantitative estimate of drug-likeness (QED) is 0.586. The van der Waals surface area contributed by atoms with Crippen LogP contribution in [0.2, 0.25) is 0 Å². The maximum absolute atomic E-state index is 13.5. The van der Waals surface area contributed by atoms with Gasteiger partial charge in [0.15, 0.2) is 0 Å². The van der Waals surface area contributed by atoms with Crippen molar-refractivity contribution in [2.24, 2.45) is 0 Å². The Hall–Kier alpha value is -3.42. The molecule has 0 saturated carbocycles. The number of ether oxygens (including phenoxy) is 1. The lowest BCUT2D eigenvalue weighted by molar-refractivity contribution is -0.119. The molecule has 2 aromatic heterocycles. The number of rotatable bonds is 2. The van der Waals surface area contributed by atoms with Crippen molar-refractivity contribution in [1.29, 1.82) is 0 Å². The molecule has 2 atom stereocenters. The number of benzene rings is 1. The average molecular weight is 410 g/mol. The van der Waals surface area contributed by atoms with Crippen molar-refractivity contribution in [1.82, 2.24) is 15.3 Å². The molecule has 0 bridgehead atoms. The normalized spacial score (nSPS) is 18.6. The van der Waals surface area contributed by atoms with Crippen molar-refractivity contribution in [3.63, 3.8) is 0 Å². The number of nitrogens with one attached hydrogen (secondary N) is 3. The predicted molar refractivity (Wildman–Crippen MR) is 112 cm³/mol. The maximum Gasteiger partial charge on any atom is 0.408 e. The van der Waals surface area contributed by atoms with E-state index in [4.69, 9.17) is 4.74 Å². The van der Waals surface area contributed by atoms with Gasteiger partial charge in [-0.25, -0.2) is 14.2 Å². The molecule has 1 unspecified atom stereocenters. The topological polar surface area (TPSA) is 96.1 Å². The third-order valence-corrected chi connectivity index (χ3v) is 5.06. The van der Waals surface area contributed by atoms with Gasteiger partial charge in [-0.1, -0.05) is 6.92 Å². The number of alkyl carbamates (subject to hydrolysis) is 1. The highest BCUT2D eigenvalue weighted by Crippen LogP contribution is 2.36. The van der Waals surface area contributed by atoms with Crippen LogP contribution in [0.25, 0.3) is 22.0 Å². The average Bonchev–Trinajstić information content (AvgIpc) is 3.06. The summed E-state index contributed by atoms with van der Waals surface area (Å²) in [5.74, 6) is -0.517. The Morgan fingerprint density at radius 1 is 1.27 bits per heavy atom. The van der Waals surface area contributed by atoms with E-state index in [1.807, 2.05) is 13.0 Å². The van der Waals surface area contributed by atoms with E-state index in [1.165, 1.54) is 12.1 Å². The molecule has 1 aromatic carbocycles. The molecule has 156 valence electrons. The zero-order valence-electron chi connectivity index (χ0n) is 17.2. The van der Waals surface area contributed by atoms with Crippen LogP contribution in [0, 0.1) is 5.82 Å². The number of fused-ring (bicyclic) bond motifs is 2. The van der Waals surface area contributed by atoms with Gasteiger partial charge in [0.1, 0.15) is 23.3 Å². The molecule has 4 rings (SSSR count). The Morgan fingerprint density at radius 3 is 2.77 bits per heavy atom. The lowest BCUT2D eigenvalue weighted by Gasteiger charge is -2.31. The molecular formula is C22H23FN4O3. The van der Waals surface area contributed by atoms with Gasteiger partial charge >= 0.3 is 6.09 Å². The van der Waals surface area contributed by atoms with Crippen molar-refractivity contribution in [2.45, 2.75) is 45.3 Å². The smallest absolute Gasteiger partial charge is 0.408 e. The molecule has 0 fully saturated rings. The molecule has 0 aliphatic carbocycles. The van der Waals surface area contributed by atoms with Crippen LogP contribution >= 0.6 is 0 Å². The molecule has 1 aliphatic rings. The highest BCUT2D eigenvalue weighted by molar-refractivity contribution is 6.00. The Balaban J connectivity index is 1.66. The van der Waals surface area contributed by atoms with Crippen molar-refractivity contribution >= 4 is 28.7 Å². The third kappa shape index (κ3) is 3.72. The lowest BCUT2D eigenvalue weighted by Crippen LogP contribution is -2.50. The molecule has 0 saturated heterocycles. The van der Waals surface area contributed by atoms with Gasteiger partial charge in [0.25, 0.3) is 0 Å². The minimum atomic E-state index is -0.790. The highest BCUT2D eigenvalue weighted by atomic mass is 19.1. The molecule has 3 aromatic rings. The molecular weight excluding hydrogens is 387 g/mol. The Morgan fingerprint density at radius 2 is 2.03 bits per heavy atom. The summed E-state index contributed by atoms with van der Waals surface area (Å²) in [7, 11) is 0. The highest BCUT2D eigenvalue weighted by Gasteiger charge is 2.36. The predicted octanol–water partition coefficient (Wildman–Crippen LogP) is 4.32. The van der Waals surface area contributed by atoms with Gasteiger partial charge in [-0.3, -0.25) is 4.79 Å². The Labute approximate surface area is 173 Å². The van der Waals surface area contributed by atoms with E-state index in [9.17, 15) is 14.0 Å². The van der Waals surface area contributed by atoms with Gasteiger partial charge in [-0.2, -0.15) is 0 Å². The van der Waals surface area contributed by atoms with Gasteiger partial charge in [0.2, 0.25) is 5.91 Å². The number of aromatic nitrogens is 2. The van der Waals surface area contributed by atoms with Crippen LogP contribution < -0.4 is 10.6 Å². The van der Waals surface area contributed by atoms with E-state index in [0.717, 1.165) is 22.1 Å². The molecule has 7 nitrogen and oxygen atoms in total. The zero-order chi connectivity index (χ0) is 21.6. The summed E-state index contributed by atoms with van der Waals surface area (Å²) in [5, 5.41) is 6.27. The second kappa shape index (κ2) is 7.12. The largest absolute Gasteiger partial charge is 0.444 e. The van der Waals surface area contributed by atoms with Gasteiger partial charge in [-0.05, 0) is 45.0 Å². The van der Waals surface area contributed by atoms with Crippen LogP contribution in [0.15, 0.2) is 36.7 Å². The van der Waals surface area contributed by atoms with Crippen LogP contribution in [0.5, 0.6) is 0 Å². The number of anilines is 1. The number of nitrogens with zero attached hydrogens (tertiary/aromatic N) is 1. The van der Waals surface area contributed by atoms with Crippen LogP contribution in [-0.2, 0) is 9.53 Å². The zero-order valence-corrected chi connectivity index (χ0v) is 17.2. The maximum atomic E-state index is 13.5. The number of carbonyl (C=O) groups is 2. The van der Waals surface area contributed by atoms with Crippen molar-refractivity contribution in [3.05, 3.63) is 48.0 Å². The first-order valence-corrected chi connectivity index (χ1v) is 9.70. The Bertz CT molecular complexity index is 1150. The van der Waals surface area contributed by atoms with Gasteiger partial charge in [0.05, 0.1) is 0 Å². The van der Waals surface area contributed by atoms with Gasteiger partial charge < -0.3 is 20.4 Å². The van der Waals surface area contributed by atoms with E-state index in [1.54, 1.807) is 39.2 Å². The number of aromatic amines is 1. The SMILES string of the molecule is CC1c2cc(-c3c[nH]c4cc(F)ccc34)cnc2NC(=O)[C@H]1NC(=O)OC(C)(C)C. The molecule has 8 heteroatoms. The van der Waals surface area contributed by atoms with E-state index in [0.29, 0.717) is 11.3 Å². The van der Waals surface area contributed by atoms with E-state index >= 15 is 0 Å². The van der Waals surface area contributed by atoms with E-state index in [-0.39, 0.29) is 17.6 Å². The molecule has 0 spiro atoms. The summed E-state index contributed by atoms with van der Waals surface area (Å²) >= 11 is 0. The fraction of sp³-hybridized carbons (Fsp3) is 0.318. The number of halogens is 1. The summed E-state index contributed by atoms with van der Waals surface area (Å²) in [5.41, 5.74) is 2.52. The van der Waals surface area contributed by atoms with Crippen molar-refractivity contribution in [2.75, 3.05) is 5.32 Å². The Kier molecular flexibility index (Phi) is 4.72. The first-order chi connectivity index (χ1) is 14.1. The summed E-state index contributed by atoms with van der Waals surface area (Å²) in [6, 6.07) is 5.71. The molecule has 30 heavy (non-hydrogen) atoms. The second-order valence-corrected chi connectivity index (χ2v) is 8.46. The van der Waals surface area contributed by atoms with Crippen molar-refractivity contribution in [3.8, 4) is 11.1 Å². The van der Waals surface area contributed by atoms with Crippen LogP contribution in [0.1, 0.15) is 39.2 Å². The van der Waals surface area contributed by atoms with Crippen LogP contribution in [0.4, 0.5) is 15.0 Å². The number of hydrogen-bond acceptors (Lipinski definition) is 4. The minimum Gasteiger partial charge on any atom is -0.444 e. The first kappa shape index (κ1) is 19.9. The van der Waals surface area contributed by atoms with Crippen LogP contribution in [-0.4, -0.2) is 33.6 Å². The first-order valence-electron chi connectivity index (χ1n) is 9.70. The number of carbonyl (C=O) groups excluding carboxylic acids is 2. The number of hydrogen-bond donors (Lipinski definition) is 3. The second-order valence-electron chi connectivity index (χ2n) is 8.46. The fourth-order valence-electron chi connectivity index (χ4n) is 3.64. The molecule has 0 radical (unpaired) electrons. The third-order valence-electron chi connectivity index (χ3n) is 5.06. The molecule has 1 aliphatic heterocycles. The summed E-state index contributed by atoms with van der Waals surface area (Å²) in [6.07, 6.45) is 2.82. The van der Waals surface area contributed by atoms with Gasteiger partial charge in [0, 0.05) is 45.9 Å². The number of H-pyrrole nitrogens is 1. The van der Waals surface area contributed by atoms with Gasteiger partial charge in [-0.15, -0.1) is 0 Å². The standard InChI is InChI=1S/C22H23FN4O3/c1-11-15-7-12(16-10-24-17-8-13(23)5-6-14(16)17)9-25-19(15)27-20(28)18(11)26-21(29)30-22(2,3)4/h5-11,18,24H,1-4H3,(H,26,29)(H,25,27,28)/t11?,18-/m0/s1. The lowest BCUT2D eigenvalue weighted by atomic mass is 9.88. The van der Waals surface area contributed by atoms with Crippen molar-refractivity contribution < 1.29 is 18.7 Å². The minimum absolute atomic E-state index is 0.313. The van der Waals surface area contributed by atoms with Crippen LogP contribution in [0.3, 0.4) is 0 Å². The summed E-state index contributed by atoms with van der Waals surface area (Å²) in [4.78, 5) is 32.2. The monoisotopic (exact) mass is 410 g/mol. The number of pyridine rings is 1. The summed E-state index contributed by atoms with van der Waals surface area (Å²) in [6.45, 7) is 7.14. The fourth-order valence-corrected chi connectivity index (χ4v) is 3.64. The summed E-state index contributed by atoms with van der Waals surface area (Å²) < 4.78 is 18.8. The molecule has 2 amide bonds. The molecule has 3 N–H and O–H groups in total. The molecule has 3 heterocycles.